The molecule has 3 rings (SSSR count). The molecule has 3 N–H and O–H groups in total. The SMILES string of the molecule is Cc1cc(C)cc(C(=O)NC2(c3ccccc3)C(=O)NC(=O)NC2=O)c1. The first-order valence-electron chi connectivity index (χ1n) is 7.96. The number of rotatable bonds is 3. The predicted molar refractivity (Wildman–Crippen MR) is 93.2 cm³/mol. The summed E-state index contributed by atoms with van der Waals surface area (Å²) in [7, 11) is 0. The molecule has 2 aromatic rings. The first-order valence-corrected chi connectivity index (χ1v) is 7.96. The van der Waals surface area contributed by atoms with Crippen LogP contribution in [0, 0.1) is 13.8 Å². The molecule has 0 saturated carbocycles. The number of urea groups is 1. The summed E-state index contributed by atoms with van der Waals surface area (Å²) in [6.45, 7) is 3.69. The van der Waals surface area contributed by atoms with E-state index in [1.54, 1.807) is 30.3 Å². The summed E-state index contributed by atoms with van der Waals surface area (Å²) in [6.07, 6.45) is 0. The van der Waals surface area contributed by atoms with E-state index in [1.165, 1.54) is 12.1 Å². The van der Waals surface area contributed by atoms with Gasteiger partial charge in [-0.3, -0.25) is 25.0 Å². The second-order valence-corrected chi connectivity index (χ2v) is 6.18. The number of aryl methyl sites for hydroxylation is 2. The minimum atomic E-state index is -2.04. The number of barbiturate groups is 1. The van der Waals surface area contributed by atoms with Gasteiger partial charge >= 0.3 is 6.03 Å². The van der Waals surface area contributed by atoms with Crippen LogP contribution in [0.5, 0.6) is 0 Å². The Balaban J connectivity index is 2.07. The van der Waals surface area contributed by atoms with Gasteiger partial charge in [0.15, 0.2) is 0 Å². The normalized spacial score (nSPS) is 15.8. The fourth-order valence-corrected chi connectivity index (χ4v) is 3.01. The quantitative estimate of drug-likeness (QED) is 0.725. The molecule has 1 fully saturated rings. The first kappa shape index (κ1) is 17.3. The van der Waals surface area contributed by atoms with Crippen molar-refractivity contribution in [3.8, 4) is 0 Å². The Bertz CT molecular complexity index is 881. The molecule has 132 valence electrons. The van der Waals surface area contributed by atoms with Gasteiger partial charge in [-0.05, 0) is 31.5 Å². The number of benzene rings is 2. The van der Waals surface area contributed by atoms with Crippen LogP contribution in [0.3, 0.4) is 0 Å². The Morgan fingerprint density at radius 3 is 1.96 bits per heavy atom. The van der Waals surface area contributed by atoms with Gasteiger partial charge in [-0.2, -0.15) is 0 Å². The van der Waals surface area contributed by atoms with Crippen LogP contribution in [-0.4, -0.2) is 23.8 Å². The van der Waals surface area contributed by atoms with E-state index in [0.717, 1.165) is 11.1 Å². The summed E-state index contributed by atoms with van der Waals surface area (Å²) >= 11 is 0. The maximum atomic E-state index is 12.8. The Labute approximate surface area is 149 Å². The molecular formula is C19H17N3O4. The van der Waals surface area contributed by atoms with Gasteiger partial charge in [-0.15, -0.1) is 0 Å². The molecule has 0 radical (unpaired) electrons. The van der Waals surface area contributed by atoms with Crippen LogP contribution in [-0.2, 0) is 15.1 Å². The first-order chi connectivity index (χ1) is 12.3. The Morgan fingerprint density at radius 2 is 1.42 bits per heavy atom. The topological polar surface area (TPSA) is 104 Å². The predicted octanol–water partition coefficient (Wildman–Crippen LogP) is 1.29. The van der Waals surface area contributed by atoms with Crippen molar-refractivity contribution in [2.45, 2.75) is 19.4 Å². The highest BCUT2D eigenvalue weighted by Crippen LogP contribution is 2.25. The van der Waals surface area contributed by atoms with E-state index in [1.807, 2.05) is 19.9 Å². The fourth-order valence-electron chi connectivity index (χ4n) is 3.01. The zero-order chi connectivity index (χ0) is 18.9. The third-order valence-electron chi connectivity index (χ3n) is 4.13. The summed E-state index contributed by atoms with van der Waals surface area (Å²) in [5, 5.41) is 6.63. The van der Waals surface area contributed by atoms with Crippen molar-refractivity contribution < 1.29 is 19.2 Å². The van der Waals surface area contributed by atoms with Crippen LogP contribution in [0.15, 0.2) is 48.5 Å². The Kier molecular flexibility index (Phi) is 4.29. The maximum Gasteiger partial charge on any atom is 0.328 e. The molecule has 0 aromatic heterocycles. The number of carbonyl (C=O) groups is 4. The number of imide groups is 2. The standard InChI is InChI=1S/C19H17N3O4/c1-11-8-12(2)10-13(9-11)15(23)22-19(14-6-4-3-5-7-14)16(24)20-18(26)21-17(19)25/h3-10H,1-2H3,(H,22,23)(H2,20,21,24,25,26). The smallest absolute Gasteiger partial charge is 0.326 e. The van der Waals surface area contributed by atoms with Gasteiger partial charge in [0.25, 0.3) is 17.7 Å². The Morgan fingerprint density at radius 1 is 0.885 bits per heavy atom. The summed E-state index contributed by atoms with van der Waals surface area (Å²) in [5.41, 5.74) is 0.271. The van der Waals surface area contributed by atoms with E-state index in [-0.39, 0.29) is 5.56 Å². The maximum absolute atomic E-state index is 12.8. The number of hydrogen-bond donors (Lipinski definition) is 3. The largest absolute Gasteiger partial charge is 0.328 e. The van der Waals surface area contributed by atoms with E-state index in [2.05, 4.69) is 16.0 Å². The lowest BCUT2D eigenvalue weighted by molar-refractivity contribution is -0.139. The molecule has 1 heterocycles. The number of carbonyl (C=O) groups excluding carboxylic acids is 4. The second-order valence-electron chi connectivity index (χ2n) is 6.18. The van der Waals surface area contributed by atoms with Gasteiger partial charge in [0.05, 0.1) is 0 Å². The van der Waals surface area contributed by atoms with Crippen molar-refractivity contribution in [3.05, 3.63) is 70.8 Å². The van der Waals surface area contributed by atoms with Gasteiger partial charge in [0, 0.05) is 5.56 Å². The van der Waals surface area contributed by atoms with Gasteiger partial charge in [0.2, 0.25) is 5.54 Å². The van der Waals surface area contributed by atoms with Gasteiger partial charge < -0.3 is 5.32 Å². The highest BCUT2D eigenvalue weighted by Gasteiger charge is 2.53. The molecule has 0 unspecified atom stereocenters. The molecule has 26 heavy (non-hydrogen) atoms. The molecule has 1 saturated heterocycles. The van der Waals surface area contributed by atoms with Crippen molar-refractivity contribution in [3.63, 3.8) is 0 Å². The lowest BCUT2D eigenvalue weighted by Crippen LogP contribution is -2.71. The number of amides is 5. The highest BCUT2D eigenvalue weighted by atomic mass is 16.2. The van der Waals surface area contributed by atoms with E-state index in [9.17, 15) is 19.2 Å². The Hall–Kier alpha value is -3.48. The third-order valence-corrected chi connectivity index (χ3v) is 4.13. The summed E-state index contributed by atoms with van der Waals surface area (Å²) in [5.74, 6) is -2.41. The molecular weight excluding hydrogens is 334 g/mol. The average Bonchev–Trinajstić information content (AvgIpc) is 2.58. The number of hydrogen-bond acceptors (Lipinski definition) is 4. The highest BCUT2D eigenvalue weighted by molar-refractivity contribution is 6.24. The molecule has 7 heteroatoms. The van der Waals surface area contributed by atoms with E-state index < -0.39 is 29.3 Å². The molecule has 7 nitrogen and oxygen atoms in total. The average molecular weight is 351 g/mol. The van der Waals surface area contributed by atoms with Crippen LogP contribution in [0.25, 0.3) is 0 Å². The zero-order valence-corrected chi connectivity index (χ0v) is 14.3. The van der Waals surface area contributed by atoms with E-state index in [0.29, 0.717) is 5.56 Å². The van der Waals surface area contributed by atoms with Crippen molar-refractivity contribution in [1.29, 1.82) is 0 Å². The van der Waals surface area contributed by atoms with Crippen LogP contribution in [0.4, 0.5) is 4.79 Å². The summed E-state index contributed by atoms with van der Waals surface area (Å²) < 4.78 is 0. The second kappa shape index (κ2) is 6.44. The molecule has 1 aliphatic heterocycles. The monoisotopic (exact) mass is 351 g/mol. The minimum absolute atomic E-state index is 0.250. The van der Waals surface area contributed by atoms with Gasteiger partial charge in [-0.1, -0.05) is 47.5 Å². The zero-order valence-electron chi connectivity index (χ0n) is 14.3. The van der Waals surface area contributed by atoms with Crippen molar-refractivity contribution in [2.75, 3.05) is 0 Å². The van der Waals surface area contributed by atoms with Gasteiger partial charge in [0.1, 0.15) is 0 Å². The number of nitrogens with one attached hydrogen (secondary N) is 3. The lowest BCUT2D eigenvalue weighted by Gasteiger charge is -2.34. The van der Waals surface area contributed by atoms with Crippen molar-refractivity contribution >= 4 is 23.8 Å². The summed E-state index contributed by atoms with van der Waals surface area (Å²) in [6, 6.07) is 12.4. The molecule has 5 amide bonds. The van der Waals surface area contributed by atoms with Crippen LogP contribution in [0.2, 0.25) is 0 Å². The van der Waals surface area contributed by atoms with E-state index >= 15 is 0 Å². The van der Waals surface area contributed by atoms with Gasteiger partial charge in [-0.25, -0.2) is 4.79 Å². The molecule has 0 aliphatic carbocycles. The van der Waals surface area contributed by atoms with Crippen LogP contribution < -0.4 is 16.0 Å². The minimum Gasteiger partial charge on any atom is -0.326 e. The van der Waals surface area contributed by atoms with Crippen LogP contribution in [0.1, 0.15) is 27.0 Å². The van der Waals surface area contributed by atoms with Crippen LogP contribution >= 0.6 is 0 Å². The molecule has 2 aromatic carbocycles. The fraction of sp³-hybridized carbons (Fsp3) is 0.158. The van der Waals surface area contributed by atoms with Crippen molar-refractivity contribution in [1.82, 2.24) is 16.0 Å². The molecule has 0 atom stereocenters. The third kappa shape index (κ3) is 2.95. The molecule has 0 bridgehead atoms. The van der Waals surface area contributed by atoms with Crippen molar-refractivity contribution in [2.24, 2.45) is 0 Å². The van der Waals surface area contributed by atoms with E-state index in [4.69, 9.17) is 0 Å². The molecule has 0 spiro atoms. The molecule has 1 aliphatic rings. The summed E-state index contributed by atoms with van der Waals surface area (Å²) in [4.78, 5) is 49.5. The lowest BCUT2D eigenvalue weighted by atomic mass is 9.86.